The summed E-state index contributed by atoms with van der Waals surface area (Å²) in [5.41, 5.74) is 0. The van der Waals surface area contributed by atoms with Gasteiger partial charge in [0.15, 0.2) is 0 Å². The highest BCUT2D eigenvalue weighted by molar-refractivity contribution is 5.76. The normalized spacial score (nSPS) is 13.8. The number of carbonyl (C=O) groups excluding carboxylic acids is 1. The molecular formula is C48H83NO3. The number of nitrogens with one attached hydrogen (secondary N) is 1. The first-order valence-electron chi connectivity index (χ1n) is 21.8. The predicted molar refractivity (Wildman–Crippen MR) is 230 cm³/mol. The molecule has 4 nitrogen and oxygen atoms in total. The minimum absolute atomic E-state index is 0.0548. The van der Waals surface area contributed by atoms with E-state index in [1.807, 2.05) is 0 Å². The van der Waals surface area contributed by atoms with Gasteiger partial charge < -0.3 is 15.5 Å². The van der Waals surface area contributed by atoms with Gasteiger partial charge in [0.05, 0.1) is 18.8 Å². The van der Waals surface area contributed by atoms with Crippen LogP contribution in [0.25, 0.3) is 0 Å². The third-order valence-corrected chi connectivity index (χ3v) is 9.42. The molecule has 0 aliphatic heterocycles. The molecule has 0 saturated heterocycles. The second-order valence-corrected chi connectivity index (χ2v) is 14.4. The number of aliphatic hydroxyl groups excluding tert-OH is 2. The van der Waals surface area contributed by atoms with Gasteiger partial charge in [0.1, 0.15) is 0 Å². The van der Waals surface area contributed by atoms with E-state index >= 15 is 0 Å². The van der Waals surface area contributed by atoms with E-state index in [0.29, 0.717) is 12.8 Å². The van der Waals surface area contributed by atoms with Gasteiger partial charge in [-0.2, -0.15) is 0 Å². The van der Waals surface area contributed by atoms with Crippen molar-refractivity contribution < 1.29 is 15.0 Å². The van der Waals surface area contributed by atoms with E-state index in [0.717, 1.165) is 83.5 Å². The van der Waals surface area contributed by atoms with Crippen LogP contribution >= 0.6 is 0 Å². The zero-order valence-corrected chi connectivity index (χ0v) is 34.0. The summed E-state index contributed by atoms with van der Waals surface area (Å²) in [6, 6.07) is -0.551. The molecule has 2 atom stereocenters. The van der Waals surface area contributed by atoms with Gasteiger partial charge in [0, 0.05) is 6.42 Å². The van der Waals surface area contributed by atoms with Crippen molar-refractivity contribution in [1.82, 2.24) is 5.32 Å². The number of hydrogen-bond donors (Lipinski definition) is 3. The molecule has 0 saturated carbocycles. The van der Waals surface area contributed by atoms with Crippen LogP contribution in [0.2, 0.25) is 0 Å². The summed E-state index contributed by atoms with van der Waals surface area (Å²) < 4.78 is 0. The van der Waals surface area contributed by atoms with Crippen molar-refractivity contribution in [2.24, 2.45) is 0 Å². The summed E-state index contributed by atoms with van der Waals surface area (Å²) in [4.78, 5) is 12.4. The first-order chi connectivity index (χ1) is 25.7. The molecule has 0 aromatic heterocycles. The molecule has 0 aromatic carbocycles. The van der Waals surface area contributed by atoms with E-state index in [1.165, 1.54) is 83.5 Å². The summed E-state index contributed by atoms with van der Waals surface area (Å²) in [6.45, 7) is 4.22. The van der Waals surface area contributed by atoms with Crippen LogP contribution in [-0.4, -0.2) is 34.9 Å². The highest BCUT2D eigenvalue weighted by Gasteiger charge is 2.19. The fourth-order valence-electron chi connectivity index (χ4n) is 6.10. The molecule has 0 aromatic rings. The summed E-state index contributed by atoms with van der Waals surface area (Å²) in [7, 11) is 0. The maximum Gasteiger partial charge on any atom is 0.220 e. The summed E-state index contributed by atoms with van der Waals surface area (Å²) in [5, 5.41) is 23.1. The number of carbonyl (C=O) groups is 1. The number of aliphatic hydroxyl groups is 2. The van der Waals surface area contributed by atoms with Crippen LogP contribution in [-0.2, 0) is 4.79 Å². The summed E-state index contributed by atoms with van der Waals surface area (Å²) >= 11 is 0. The lowest BCUT2D eigenvalue weighted by molar-refractivity contribution is -0.123. The fourth-order valence-corrected chi connectivity index (χ4v) is 6.10. The summed E-state index contributed by atoms with van der Waals surface area (Å²) in [6.07, 6.45) is 62.2. The lowest BCUT2D eigenvalue weighted by Crippen LogP contribution is -2.45. The van der Waals surface area contributed by atoms with Crippen molar-refractivity contribution in [3.05, 3.63) is 85.1 Å². The van der Waals surface area contributed by atoms with E-state index in [4.69, 9.17) is 0 Å². The molecular weight excluding hydrogens is 639 g/mol. The Morgan fingerprint density at radius 1 is 0.481 bits per heavy atom. The first-order valence-corrected chi connectivity index (χ1v) is 21.8. The van der Waals surface area contributed by atoms with Gasteiger partial charge in [-0.05, 0) is 70.6 Å². The van der Waals surface area contributed by atoms with E-state index in [-0.39, 0.29) is 12.5 Å². The summed E-state index contributed by atoms with van der Waals surface area (Å²) in [5.74, 6) is -0.0548. The van der Waals surface area contributed by atoms with Gasteiger partial charge in [0.2, 0.25) is 5.91 Å². The van der Waals surface area contributed by atoms with Gasteiger partial charge in [-0.3, -0.25) is 4.79 Å². The van der Waals surface area contributed by atoms with Crippen LogP contribution in [0.1, 0.15) is 194 Å². The van der Waals surface area contributed by atoms with E-state index < -0.39 is 12.1 Å². The average molecular weight is 722 g/mol. The van der Waals surface area contributed by atoms with Crippen LogP contribution < -0.4 is 5.32 Å². The fraction of sp³-hybridized carbons (Fsp3) is 0.688. The Hall–Kier alpha value is -2.43. The Labute approximate surface area is 322 Å². The smallest absolute Gasteiger partial charge is 0.220 e. The SMILES string of the molecule is CC/C=C\C/C=C\C/C=C\C/C=C\C/C=C\C/C=C\C/C=C\CCCCCCCC(=O)NC(CO)C(O)CCCCCCCCCCCCCCC. The van der Waals surface area contributed by atoms with E-state index in [2.05, 4.69) is 104 Å². The Morgan fingerprint density at radius 2 is 0.846 bits per heavy atom. The Bertz CT molecular complexity index is 957. The number of rotatable bonds is 38. The Morgan fingerprint density at radius 3 is 1.27 bits per heavy atom. The molecule has 0 rings (SSSR count). The lowest BCUT2D eigenvalue weighted by Gasteiger charge is -2.22. The molecule has 298 valence electrons. The quantitative estimate of drug-likeness (QED) is 0.0439. The standard InChI is InChI=1S/C48H83NO3/c1-3-5-7-9-11-13-15-17-18-19-20-21-22-23-24-25-26-27-28-29-30-32-34-36-38-40-42-44-48(52)49-46(45-50)47(51)43-41-39-37-35-33-31-16-14-12-10-8-6-4-2/h5,7,11,13,17-18,20-21,23-24,26-27,29-30,46-47,50-51H,3-4,6,8-10,12,14-16,19,22,25,28,31-45H2,1-2H3,(H,49,52)/b7-5-,13-11-,18-17-,21-20-,24-23-,27-26-,30-29-. The number of unbranched alkanes of at least 4 members (excludes halogenated alkanes) is 17. The number of hydrogen-bond acceptors (Lipinski definition) is 3. The Kier molecular flexibility index (Phi) is 41.0. The van der Waals surface area contributed by atoms with Gasteiger partial charge in [0.25, 0.3) is 0 Å². The van der Waals surface area contributed by atoms with Crippen LogP contribution in [0.15, 0.2) is 85.1 Å². The highest BCUT2D eigenvalue weighted by atomic mass is 16.3. The van der Waals surface area contributed by atoms with E-state index in [1.54, 1.807) is 0 Å². The first kappa shape index (κ1) is 49.6. The third-order valence-electron chi connectivity index (χ3n) is 9.42. The maximum atomic E-state index is 12.4. The van der Waals surface area contributed by atoms with Crippen molar-refractivity contribution in [3.63, 3.8) is 0 Å². The molecule has 0 aliphatic rings. The average Bonchev–Trinajstić information content (AvgIpc) is 3.15. The molecule has 0 spiro atoms. The Balaban J connectivity index is 3.65. The molecule has 1 amide bonds. The molecule has 4 heteroatoms. The molecule has 3 N–H and O–H groups in total. The lowest BCUT2D eigenvalue weighted by atomic mass is 10.0. The van der Waals surface area contributed by atoms with Crippen LogP contribution in [0.5, 0.6) is 0 Å². The largest absolute Gasteiger partial charge is 0.394 e. The van der Waals surface area contributed by atoms with Crippen molar-refractivity contribution in [2.45, 2.75) is 206 Å². The molecule has 0 heterocycles. The van der Waals surface area contributed by atoms with Crippen molar-refractivity contribution in [3.8, 4) is 0 Å². The minimum atomic E-state index is -0.672. The van der Waals surface area contributed by atoms with Gasteiger partial charge in [-0.1, -0.05) is 202 Å². The number of allylic oxidation sites excluding steroid dienone is 14. The zero-order chi connectivity index (χ0) is 37.8. The van der Waals surface area contributed by atoms with Gasteiger partial charge in [-0.25, -0.2) is 0 Å². The predicted octanol–water partition coefficient (Wildman–Crippen LogP) is 13.7. The molecule has 0 bridgehead atoms. The van der Waals surface area contributed by atoms with Gasteiger partial charge >= 0.3 is 0 Å². The van der Waals surface area contributed by atoms with Crippen molar-refractivity contribution in [1.29, 1.82) is 0 Å². The van der Waals surface area contributed by atoms with Crippen LogP contribution in [0.3, 0.4) is 0 Å². The third kappa shape index (κ3) is 38.8. The molecule has 52 heavy (non-hydrogen) atoms. The second-order valence-electron chi connectivity index (χ2n) is 14.4. The van der Waals surface area contributed by atoms with Crippen LogP contribution in [0, 0.1) is 0 Å². The highest BCUT2D eigenvalue weighted by Crippen LogP contribution is 2.15. The van der Waals surface area contributed by atoms with E-state index in [9.17, 15) is 15.0 Å². The van der Waals surface area contributed by atoms with Gasteiger partial charge in [-0.15, -0.1) is 0 Å². The second kappa shape index (κ2) is 43.0. The molecule has 2 unspecified atom stereocenters. The van der Waals surface area contributed by atoms with Crippen LogP contribution in [0.4, 0.5) is 0 Å². The molecule has 0 radical (unpaired) electrons. The van der Waals surface area contributed by atoms with Crippen molar-refractivity contribution in [2.75, 3.05) is 6.61 Å². The topological polar surface area (TPSA) is 69.6 Å². The minimum Gasteiger partial charge on any atom is -0.394 e. The molecule has 0 aliphatic carbocycles. The maximum absolute atomic E-state index is 12.4. The zero-order valence-electron chi connectivity index (χ0n) is 34.0. The molecule has 0 fully saturated rings. The number of amides is 1. The monoisotopic (exact) mass is 722 g/mol. The van der Waals surface area contributed by atoms with Crippen molar-refractivity contribution >= 4 is 5.91 Å².